The molecule has 2 aromatic carbocycles. The molecule has 0 spiro atoms. The summed E-state index contributed by atoms with van der Waals surface area (Å²) < 4.78 is 12.7. The van der Waals surface area contributed by atoms with Crippen molar-refractivity contribution >= 4 is 22.0 Å². The maximum Gasteiger partial charge on any atom is 0.235 e. The quantitative estimate of drug-likeness (QED) is 0.509. The van der Waals surface area contributed by atoms with Crippen molar-refractivity contribution in [1.29, 1.82) is 0 Å². The van der Waals surface area contributed by atoms with E-state index in [2.05, 4.69) is 32.3 Å². The summed E-state index contributed by atoms with van der Waals surface area (Å²) >= 11 is 1.47. The Morgan fingerprint density at radius 2 is 1.67 bits per heavy atom. The number of methoxy groups -OCH3 is 1. The molecule has 0 atom stereocenters. The van der Waals surface area contributed by atoms with Gasteiger partial charge in [0.25, 0.3) is 0 Å². The maximum absolute atomic E-state index is 5.80. The molecule has 0 N–H and O–H groups in total. The minimum Gasteiger partial charge on any atom is -0.497 e. The molecule has 138 valence electrons. The summed E-state index contributed by atoms with van der Waals surface area (Å²) in [4.78, 5) is 2.80. The lowest BCUT2D eigenvalue weighted by molar-refractivity contribution is 0.303. The molecule has 4 aromatic rings. The topological polar surface area (TPSA) is 64.8 Å². The highest BCUT2D eigenvalue weighted by atomic mass is 32.1. The zero-order chi connectivity index (χ0) is 18.8. The molecule has 7 nitrogen and oxygen atoms in total. The number of fused-ring (bicyclic) bond motifs is 1. The molecular weight excluding hydrogens is 362 g/mol. The summed E-state index contributed by atoms with van der Waals surface area (Å²) in [6.45, 7) is 0.374. The lowest BCUT2D eigenvalue weighted by Crippen LogP contribution is -2.08. The summed E-state index contributed by atoms with van der Waals surface area (Å²) in [5.74, 6) is 2.29. The molecule has 0 radical (unpaired) electrons. The highest BCUT2D eigenvalue weighted by molar-refractivity contribution is 7.16. The third kappa shape index (κ3) is 3.56. The lowest BCUT2D eigenvalue weighted by atomic mass is 10.2. The average molecular weight is 381 g/mol. The van der Waals surface area contributed by atoms with Crippen molar-refractivity contribution in [3.8, 4) is 22.9 Å². The molecule has 0 saturated heterocycles. The molecule has 0 unspecified atom stereocenters. The van der Waals surface area contributed by atoms with Crippen molar-refractivity contribution in [3.63, 3.8) is 0 Å². The highest BCUT2D eigenvalue weighted by Crippen LogP contribution is 2.25. The molecule has 2 aromatic heterocycles. The number of ether oxygens (including phenoxy) is 2. The van der Waals surface area contributed by atoms with Crippen LogP contribution in [0.15, 0.2) is 48.5 Å². The number of nitrogens with zero attached hydrogens (tertiary/aromatic N) is 5. The van der Waals surface area contributed by atoms with E-state index in [0.29, 0.717) is 6.61 Å². The molecule has 0 aliphatic heterocycles. The van der Waals surface area contributed by atoms with E-state index < -0.39 is 0 Å². The number of benzene rings is 2. The number of anilines is 1. The van der Waals surface area contributed by atoms with E-state index in [1.54, 1.807) is 11.6 Å². The van der Waals surface area contributed by atoms with E-state index in [-0.39, 0.29) is 0 Å². The fraction of sp³-hybridized carbons (Fsp3) is 0.211. The van der Waals surface area contributed by atoms with Gasteiger partial charge in [-0.05, 0) is 48.5 Å². The standard InChI is InChI=1S/C19H19N5O2S/c1-23(2)14-6-4-13(5-7-14)18-20-21-19-24(18)22-17(27-19)12-26-16-10-8-15(25-3)9-11-16/h4-11H,12H2,1-3H3. The monoisotopic (exact) mass is 381 g/mol. The smallest absolute Gasteiger partial charge is 0.235 e. The Kier molecular flexibility index (Phi) is 4.64. The Labute approximate surface area is 160 Å². The summed E-state index contributed by atoms with van der Waals surface area (Å²) in [5, 5.41) is 13.9. The van der Waals surface area contributed by atoms with Crippen molar-refractivity contribution in [2.75, 3.05) is 26.1 Å². The normalized spacial score (nSPS) is 10.9. The zero-order valence-corrected chi connectivity index (χ0v) is 16.1. The van der Waals surface area contributed by atoms with Gasteiger partial charge < -0.3 is 14.4 Å². The molecule has 8 heteroatoms. The van der Waals surface area contributed by atoms with E-state index in [4.69, 9.17) is 9.47 Å². The number of rotatable bonds is 6. The zero-order valence-electron chi connectivity index (χ0n) is 15.3. The third-order valence-electron chi connectivity index (χ3n) is 4.10. The molecule has 27 heavy (non-hydrogen) atoms. The first-order valence-corrected chi connectivity index (χ1v) is 9.21. The highest BCUT2D eigenvalue weighted by Gasteiger charge is 2.14. The van der Waals surface area contributed by atoms with Crippen molar-refractivity contribution in [2.24, 2.45) is 0 Å². The third-order valence-corrected chi connectivity index (χ3v) is 4.97. The molecule has 0 bridgehead atoms. The van der Waals surface area contributed by atoms with Crippen LogP contribution in [0.2, 0.25) is 0 Å². The van der Waals surface area contributed by atoms with Crippen molar-refractivity contribution in [2.45, 2.75) is 6.61 Å². The molecule has 0 aliphatic rings. The summed E-state index contributed by atoms with van der Waals surface area (Å²) in [6, 6.07) is 15.6. The number of hydrogen-bond donors (Lipinski definition) is 0. The summed E-state index contributed by atoms with van der Waals surface area (Å²) in [6.07, 6.45) is 0. The first-order valence-electron chi connectivity index (χ1n) is 8.40. The minimum absolute atomic E-state index is 0.374. The van der Waals surface area contributed by atoms with E-state index in [1.165, 1.54) is 11.3 Å². The van der Waals surface area contributed by atoms with Crippen LogP contribution in [0.1, 0.15) is 5.01 Å². The summed E-state index contributed by atoms with van der Waals surface area (Å²) in [7, 11) is 5.67. The van der Waals surface area contributed by atoms with Gasteiger partial charge >= 0.3 is 0 Å². The maximum atomic E-state index is 5.80. The molecule has 2 heterocycles. The Morgan fingerprint density at radius 3 is 2.33 bits per heavy atom. The van der Waals surface area contributed by atoms with E-state index in [9.17, 15) is 0 Å². The van der Waals surface area contributed by atoms with Crippen LogP contribution in [-0.4, -0.2) is 41.0 Å². The molecule has 0 aliphatic carbocycles. The van der Waals surface area contributed by atoms with E-state index in [0.717, 1.165) is 38.5 Å². The second-order valence-electron chi connectivity index (χ2n) is 6.12. The Morgan fingerprint density at radius 1 is 0.963 bits per heavy atom. The van der Waals surface area contributed by atoms with Gasteiger partial charge in [0.05, 0.1) is 7.11 Å². The van der Waals surface area contributed by atoms with Crippen molar-refractivity contribution in [1.82, 2.24) is 19.8 Å². The van der Waals surface area contributed by atoms with Crippen LogP contribution in [-0.2, 0) is 6.61 Å². The van der Waals surface area contributed by atoms with Gasteiger partial charge in [-0.25, -0.2) is 0 Å². The molecule has 0 saturated carbocycles. The number of hydrogen-bond acceptors (Lipinski definition) is 7. The Hall–Kier alpha value is -3.13. The summed E-state index contributed by atoms with van der Waals surface area (Å²) in [5.41, 5.74) is 2.10. The lowest BCUT2D eigenvalue weighted by Gasteiger charge is -2.12. The van der Waals surface area contributed by atoms with Gasteiger partial charge in [-0.3, -0.25) is 0 Å². The SMILES string of the molecule is COc1ccc(OCc2nn3c(-c4ccc(N(C)C)cc4)nnc3s2)cc1. The van der Waals surface area contributed by atoms with Gasteiger partial charge in [0.15, 0.2) is 10.8 Å². The van der Waals surface area contributed by atoms with Crippen molar-refractivity contribution in [3.05, 3.63) is 53.5 Å². The predicted molar refractivity (Wildman–Crippen MR) is 106 cm³/mol. The van der Waals surface area contributed by atoms with Gasteiger partial charge in [-0.1, -0.05) is 11.3 Å². The molecule has 0 fully saturated rings. The second kappa shape index (κ2) is 7.24. The van der Waals surface area contributed by atoms with Crippen LogP contribution in [0.4, 0.5) is 5.69 Å². The fourth-order valence-electron chi connectivity index (χ4n) is 2.62. The van der Waals surface area contributed by atoms with Gasteiger partial charge in [0.1, 0.15) is 18.1 Å². The van der Waals surface area contributed by atoms with Crippen LogP contribution in [0.3, 0.4) is 0 Å². The second-order valence-corrected chi connectivity index (χ2v) is 7.16. The first kappa shape index (κ1) is 17.3. The van der Waals surface area contributed by atoms with Crippen LogP contribution < -0.4 is 14.4 Å². The van der Waals surface area contributed by atoms with Gasteiger partial charge in [0.2, 0.25) is 4.96 Å². The number of aromatic nitrogens is 4. The molecule has 0 amide bonds. The van der Waals surface area contributed by atoms with Gasteiger partial charge in [0, 0.05) is 25.3 Å². The molecular formula is C19H19N5O2S. The van der Waals surface area contributed by atoms with Crippen LogP contribution in [0, 0.1) is 0 Å². The van der Waals surface area contributed by atoms with Crippen LogP contribution >= 0.6 is 11.3 Å². The van der Waals surface area contributed by atoms with Gasteiger partial charge in [-0.2, -0.15) is 9.61 Å². The van der Waals surface area contributed by atoms with Crippen LogP contribution in [0.25, 0.3) is 16.3 Å². The van der Waals surface area contributed by atoms with Crippen molar-refractivity contribution < 1.29 is 9.47 Å². The van der Waals surface area contributed by atoms with Crippen LogP contribution in [0.5, 0.6) is 11.5 Å². The van der Waals surface area contributed by atoms with E-state index in [1.807, 2.05) is 50.5 Å². The Balaban J connectivity index is 1.52. The minimum atomic E-state index is 0.374. The predicted octanol–water partition coefficient (Wildman–Crippen LogP) is 3.51. The fourth-order valence-corrected chi connectivity index (χ4v) is 3.37. The van der Waals surface area contributed by atoms with Gasteiger partial charge in [-0.15, -0.1) is 10.2 Å². The Bertz CT molecular complexity index is 1040. The largest absolute Gasteiger partial charge is 0.497 e. The average Bonchev–Trinajstić information content (AvgIpc) is 3.27. The first-order chi connectivity index (χ1) is 13.1. The molecule has 4 rings (SSSR count). The van der Waals surface area contributed by atoms with E-state index >= 15 is 0 Å².